The van der Waals surface area contributed by atoms with Crippen molar-refractivity contribution in [1.82, 2.24) is 0 Å². The van der Waals surface area contributed by atoms with Crippen LogP contribution in [0.1, 0.15) is 11.1 Å². The number of anilines is 1. The number of nitrogens with zero attached hydrogens (tertiary/aromatic N) is 1. The summed E-state index contributed by atoms with van der Waals surface area (Å²) >= 11 is 0. The van der Waals surface area contributed by atoms with Crippen molar-refractivity contribution in [3.05, 3.63) is 83.9 Å². The lowest BCUT2D eigenvalue weighted by atomic mass is 10.2. The first kappa shape index (κ1) is 21.2. The van der Waals surface area contributed by atoms with E-state index in [2.05, 4.69) is 10.3 Å². The topological polar surface area (TPSA) is 111 Å². The molecule has 0 heterocycles. The van der Waals surface area contributed by atoms with Crippen LogP contribution in [0.25, 0.3) is 0 Å². The molecule has 0 radical (unpaired) electrons. The first-order valence-corrected chi connectivity index (χ1v) is 10.6. The zero-order valence-corrected chi connectivity index (χ0v) is 17.1. The van der Waals surface area contributed by atoms with Crippen molar-refractivity contribution in [1.29, 1.82) is 0 Å². The average molecular weight is 423 g/mol. The van der Waals surface area contributed by atoms with Crippen molar-refractivity contribution < 1.29 is 17.9 Å². The van der Waals surface area contributed by atoms with Gasteiger partial charge in [0, 0.05) is 11.9 Å². The number of nitrogens with two attached hydrogens (primary N) is 1. The third-order valence-corrected chi connectivity index (χ3v) is 5.04. The number of hydrogen-bond acceptors (Lipinski definition) is 5. The van der Waals surface area contributed by atoms with E-state index in [9.17, 15) is 13.2 Å². The predicted octanol–water partition coefficient (Wildman–Crippen LogP) is 3.41. The summed E-state index contributed by atoms with van der Waals surface area (Å²) in [5.74, 6) is 0.316. The van der Waals surface area contributed by atoms with E-state index in [0.29, 0.717) is 11.4 Å². The highest BCUT2D eigenvalue weighted by molar-refractivity contribution is 7.89. The van der Waals surface area contributed by atoms with Crippen LogP contribution >= 0.6 is 0 Å². The lowest BCUT2D eigenvalue weighted by molar-refractivity contribution is -0.118. The molecule has 0 aliphatic carbocycles. The molecule has 30 heavy (non-hydrogen) atoms. The molecule has 0 atom stereocenters. The third kappa shape index (κ3) is 6.26. The van der Waals surface area contributed by atoms with Crippen LogP contribution in [0.2, 0.25) is 0 Å². The highest BCUT2D eigenvalue weighted by Gasteiger charge is 2.06. The molecule has 3 rings (SSSR count). The number of aryl methyl sites for hydroxylation is 1. The van der Waals surface area contributed by atoms with Crippen LogP contribution in [0.3, 0.4) is 0 Å². The molecule has 0 fully saturated rings. The molecule has 0 aliphatic heterocycles. The molecule has 0 unspecified atom stereocenters. The standard InChI is InChI=1S/C22H21N3O4S/c1-16-2-6-19(7-3-16)25-22(26)15-29-20-10-4-17(5-11-20)14-24-18-8-12-21(13-9-18)30(23,27)28/h2-14H,15H2,1H3,(H,25,26)(H2,23,27,28). The lowest BCUT2D eigenvalue weighted by Crippen LogP contribution is -2.20. The van der Waals surface area contributed by atoms with Gasteiger partial charge in [0.1, 0.15) is 5.75 Å². The Morgan fingerprint density at radius 1 is 1.00 bits per heavy atom. The summed E-state index contributed by atoms with van der Waals surface area (Å²) < 4.78 is 28.0. The zero-order chi connectivity index (χ0) is 21.6. The van der Waals surface area contributed by atoms with Gasteiger partial charge < -0.3 is 10.1 Å². The highest BCUT2D eigenvalue weighted by atomic mass is 32.2. The van der Waals surface area contributed by atoms with E-state index < -0.39 is 10.0 Å². The van der Waals surface area contributed by atoms with E-state index in [1.165, 1.54) is 12.1 Å². The molecule has 0 spiro atoms. The summed E-state index contributed by atoms with van der Waals surface area (Å²) in [6, 6.07) is 20.5. The molecule has 0 saturated carbocycles. The number of aliphatic imine (C=N–C) groups is 1. The summed E-state index contributed by atoms with van der Waals surface area (Å²) in [6.07, 6.45) is 1.64. The fourth-order valence-electron chi connectivity index (χ4n) is 2.50. The maximum absolute atomic E-state index is 12.0. The molecule has 3 aromatic rings. The van der Waals surface area contributed by atoms with Crippen molar-refractivity contribution >= 4 is 33.5 Å². The van der Waals surface area contributed by atoms with Crippen molar-refractivity contribution in [2.75, 3.05) is 11.9 Å². The number of benzene rings is 3. The number of nitrogens with one attached hydrogen (secondary N) is 1. The minimum atomic E-state index is -3.72. The molecule has 0 aromatic heterocycles. The van der Waals surface area contributed by atoms with Crippen molar-refractivity contribution in [2.45, 2.75) is 11.8 Å². The Morgan fingerprint density at radius 3 is 2.23 bits per heavy atom. The first-order valence-electron chi connectivity index (χ1n) is 9.06. The number of primary sulfonamides is 1. The first-order chi connectivity index (χ1) is 14.3. The molecule has 7 nitrogen and oxygen atoms in total. The van der Waals surface area contributed by atoms with E-state index >= 15 is 0 Å². The average Bonchev–Trinajstić information content (AvgIpc) is 2.73. The number of ether oxygens (including phenoxy) is 1. The molecule has 0 saturated heterocycles. The van der Waals surface area contributed by atoms with Gasteiger partial charge >= 0.3 is 0 Å². The Bertz CT molecular complexity index is 1140. The van der Waals surface area contributed by atoms with Crippen LogP contribution in [-0.2, 0) is 14.8 Å². The number of carbonyl (C=O) groups is 1. The molecular formula is C22H21N3O4S. The second kappa shape index (κ2) is 9.34. The zero-order valence-electron chi connectivity index (χ0n) is 16.3. The van der Waals surface area contributed by atoms with Crippen LogP contribution in [0, 0.1) is 6.92 Å². The monoisotopic (exact) mass is 423 g/mol. The molecule has 1 amide bonds. The van der Waals surface area contributed by atoms with Crippen LogP contribution in [0.5, 0.6) is 5.75 Å². The van der Waals surface area contributed by atoms with E-state index in [1.54, 1.807) is 42.6 Å². The van der Waals surface area contributed by atoms with Crippen LogP contribution < -0.4 is 15.2 Å². The second-order valence-electron chi connectivity index (χ2n) is 6.57. The van der Waals surface area contributed by atoms with Gasteiger partial charge in [0.2, 0.25) is 10.0 Å². The van der Waals surface area contributed by atoms with E-state index in [4.69, 9.17) is 9.88 Å². The van der Waals surface area contributed by atoms with Crippen LogP contribution in [0.4, 0.5) is 11.4 Å². The predicted molar refractivity (Wildman–Crippen MR) is 117 cm³/mol. The quantitative estimate of drug-likeness (QED) is 0.567. The number of rotatable bonds is 7. The molecule has 3 aromatic carbocycles. The Morgan fingerprint density at radius 2 is 1.63 bits per heavy atom. The van der Waals surface area contributed by atoms with Crippen molar-refractivity contribution in [2.24, 2.45) is 10.1 Å². The van der Waals surface area contributed by atoms with Gasteiger partial charge in [0.15, 0.2) is 6.61 Å². The fraction of sp³-hybridized carbons (Fsp3) is 0.0909. The Labute approximate surface area is 175 Å². The van der Waals surface area contributed by atoms with E-state index in [0.717, 1.165) is 16.8 Å². The van der Waals surface area contributed by atoms with Gasteiger partial charge in [-0.3, -0.25) is 9.79 Å². The Hall–Kier alpha value is -3.49. The van der Waals surface area contributed by atoms with E-state index in [-0.39, 0.29) is 17.4 Å². The smallest absolute Gasteiger partial charge is 0.262 e. The fourth-order valence-corrected chi connectivity index (χ4v) is 3.02. The molecular weight excluding hydrogens is 402 g/mol. The normalized spacial score (nSPS) is 11.4. The van der Waals surface area contributed by atoms with Crippen LogP contribution in [0.15, 0.2) is 82.7 Å². The van der Waals surface area contributed by atoms with Gasteiger partial charge in [-0.05, 0) is 73.2 Å². The largest absolute Gasteiger partial charge is 0.484 e. The maximum Gasteiger partial charge on any atom is 0.262 e. The van der Waals surface area contributed by atoms with Crippen molar-refractivity contribution in [3.63, 3.8) is 0 Å². The summed E-state index contributed by atoms with van der Waals surface area (Å²) in [5.41, 5.74) is 3.25. The van der Waals surface area contributed by atoms with Crippen molar-refractivity contribution in [3.8, 4) is 5.75 Å². The maximum atomic E-state index is 12.0. The van der Waals surface area contributed by atoms with Gasteiger partial charge in [-0.1, -0.05) is 17.7 Å². The summed E-state index contributed by atoms with van der Waals surface area (Å²) in [7, 11) is -3.72. The summed E-state index contributed by atoms with van der Waals surface area (Å²) in [6.45, 7) is 1.88. The second-order valence-corrected chi connectivity index (χ2v) is 8.13. The highest BCUT2D eigenvalue weighted by Crippen LogP contribution is 2.17. The number of sulfonamides is 1. The molecule has 8 heteroatoms. The third-order valence-electron chi connectivity index (χ3n) is 4.11. The molecule has 154 valence electrons. The minimum absolute atomic E-state index is 0.0365. The minimum Gasteiger partial charge on any atom is -0.484 e. The number of hydrogen-bond donors (Lipinski definition) is 2. The van der Waals surface area contributed by atoms with Gasteiger partial charge in [-0.25, -0.2) is 13.6 Å². The molecule has 0 aliphatic rings. The van der Waals surface area contributed by atoms with Gasteiger partial charge in [0.05, 0.1) is 10.6 Å². The molecule has 0 bridgehead atoms. The lowest BCUT2D eigenvalue weighted by Gasteiger charge is -2.08. The summed E-state index contributed by atoms with van der Waals surface area (Å²) in [4.78, 5) is 16.3. The number of carbonyl (C=O) groups excluding carboxylic acids is 1. The van der Waals surface area contributed by atoms with E-state index in [1.807, 2.05) is 31.2 Å². The Kier molecular flexibility index (Phi) is 6.61. The van der Waals surface area contributed by atoms with Gasteiger partial charge in [-0.2, -0.15) is 0 Å². The van der Waals surface area contributed by atoms with Gasteiger partial charge in [-0.15, -0.1) is 0 Å². The SMILES string of the molecule is Cc1ccc(NC(=O)COc2ccc(C=Nc3ccc(S(N)(=O)=O)cc3)cc2)cc1. The Balaban J connectivity index is 1.52. The number of amides is 1. The molecule has 3 N–H and O–H groups in total. The van der Waals surface area contributed by atoms with Crippen LogP contribution in [-0.4, -0.2) is 27.1 Å². The summed E-state index contributed by atoms with van der Waals surface area (Å²) in [5, 5.41) is 7.84. The van der Waals surface area contributed by atoms with Gasteiger partial charge in [0.25, 0.3) is 5.91 Å².